The van der Waals surface area contributed by atoms with E-state index in [0.29, 0.717) is 31.7 Å². The van der Waals surface area contributed by atoms with Crippen LogP contribution in [0.5, 0.6) is 0 Å². The van der Waals surface area contributed by atoms with Crippen LogP contribution in [0.15, 0.2) is 0 Å². The quantitative estimate of drug-likeness (QED) is 0.293. The summed E-state index contributed by atoms with van der Waals surface area (Å²) < 4.78 is 20.7. The number of carbonyl (C=O) groups excluding carboxylic acids is 3. The minimum atomic E-state index is -0.524. The lowest BCUT2D eigenvalue weighted by atomic mass is 10.4. The van der Waals surface area contributed by atoms with Crippen molar-refractivity contribution in [2.24, 2.45) is 0 Å². The van der Waals surface area contributed by atoms with E-state index in [0.717, 1.165) is 34.6 Å². The van der Waals surface area contributed by atoms with Crippen molar-refractivity contribution in [1.82, 2.24) is 28.8 Å². The number of hydrogen-bond acceptors (Lipinski definition) is 14. The summed E-state index contributed by atoms with van der Waals surface area (Å²) in [5.41, 5.74) is 1.63. The Hall–Kier alpha value is -2.42. The minimum absolute atomic E-state index is 0.0345. The third-order valence-corrected chi connectivity index (χ3v) is 5.80. The number of carbonyl (C=O) groups is 3. The van der Waals surface area contributed by atoms with Gasteiger partial charge < -0.3 is 9.47 Å². The van der Waals surface area contributed by atoms with Crippen molar-refractivity contribution in [3.05, 3.63) is 31.7 Å². The summed E-state index contributed by atoms with van der Waals surface area (Å²) in [5.74, 6) is -1.05. The Morgan fingerprint density at radius 2 is 1.07 bits per heavy atom. The van der Waals surface area contributed by atoms with Gasteiger partial charge >= 0.3 is 11.9 Å². The van der Waals surface area contributed by atoms with Gasteiger partial charge in [0, 0.05) is 0 Å². The van der Waals surface area contributed by atoms with Gasteiger partial charge in [-0.05, 0) is 67.0 Å². The molecule has 0 fully saturated rings. The number of hydrogen-bond donors (Lipinski definition) is 0. The Morgan fingerprint density at radius 1 is 0.724 bits per heavy atom. The lowest BCUT2D eigenvalue weighted by Crippen LogP contribution is -2.14. The third kappa shape index (κ3) is 6.56. The van der Waals surface area contributed by atoms with Gasteiger partial charge in [0.2, 0.25) is 0 Å². The number of esters is 2. The Kier molecular flexibility index (Phi) is 8.63. The van der Waals surface area contributed by atoms with Crippen molar-refractivity contribution >= 4 is 63.4 Å². The van der Waals surface area contributed by atoms with Crippen molar-refractivity contribution < 1.29 is 23.9 Å². The van der Waals surface area contributed by atoms with Gasteiger partial charge in [-0.15, -0.1) is 15.3 Å². The summed E-state index contributed by atoms with van der Waals surface area (Å²) in [5, 5.41) is 10.5. The molecule has 0 spiro atoms. The molecule has 15 heteroatoms. The number of nitrogens with zero attached hydrogens (tertiary/aromatic N) is 6. The molecule has 0 aromatic carbocycles. The van der Waals surface area contributed by atoms with Crippen LogP contribution in [0.2, 0.25) is 0 Å². The second kappa shape index (κ2) is 10.9. The van der Waals surface area contributed by atoms with Gasteiger partial charge in [0.05, 0.1) is 17.1 Å². The fraction of sp³-hybridized carbons (Fsp3) is 0.357. The molecule has 0 aliphatic heterocycles. The van der Waals surface area contributed by atoms with E-state index >= 15 is 0 Å². The van der Waals surface area contributed by atoms with E-state index in [-0.39, 0.29) is 13.2 Å². The van der Waals surface area contributed by atoms with E-state index in [1.165, 1.54) is 0 Å². The monoisotopic (exact) mass is 476 g/mol. The highest BCUT2D eigenvalue weighted by Crippen LogP contribution is 2.12. The van der Waals surface area contributed by atoms with Gasteiger partial charge in [-0.25, -0.2) is 9.59 Å². The predicted octanol–water partition coefficient (Wildman–Crippen LogP) is 2.25. The maximum Gasteiger partial charge on any atom is 0.352 e. The van der Waals surface area contributed by atoms with Crippen LogP contribution in [-0.2, 0) is 9.47 Å². The van der Waals surface area contributed by atoms with Gasteiger partial charge in [0.15, 0.2) is 9.75 Å². The van der Waals surface area contributed by atoms with Crippen LogP contribution >= 0.6 is 46.2 Å². The Labute approximate surface area is 181 Å². The van der Waals surface area contributed by atoms with Gasteiger partial charge in [0.1, 0.15) is 18.1 Å². The van der Waals surface area contributed by atoms with Crippen molar-refractivity contribution in [2.45, 2.75) is 20.8 Å². The molecule has 0 bridgehead atoms. The summed E-state index contributed by atoms with van der Waals surface area (Å²) in [6, 6.07) is 0. The predicted molar refractivity (Wildman–Crippen MR) is 105 cm³/mol. The van der Waals surface area contributed by atoms with Crippen LogP contribution in [-0.4, -0.2) is 59.2 Å². The molecule has 0 aliphatic carbocycles. The standard InChI is InChI=1S/C10H10N4O4S2.C4H3ClN2OS/c1-5-7(19-13-11-5)9(15)17-3-4-18-10(16)8-6(2)12-14-20-8;1-2-3(4(5)8)9-7-6-2/h3-4H2,1-2H3;1H3. The Morgan fingerprint density at radius 3 is 1.31 bits per heavy atom. The molecule has 0 amide bonds. The second-order valence-corrected chi connectivity index (χ2v) is 7.71. The molecule has 3 rings (SSSR count). The lowest BCUT2D eigenvalue weighted by molar-refractivity contribution is 0.0270. The average Bonchev–Trinajstić information content (AvgIpc) is 3.40. The minimum Gasteiger partial charge on any atom is -0.458 e. The molecule has 3 aromatic heterocycles. The fourth-order valence-electron chi connectivity index (χ4n) is 1.65. The number of aromatic nitrogens is 6. The number of rotatable bonds is 6. The van der Waals surface area contributed by atoms with E-state index in [1.54, 1.807) is 20.8 Å². The Balaban J connectivity index is 0.000000278. The molecule has 154 valence electrons. The first-order chi connectivity index (χ1) is 13.8. The summed E-state index contributed by atoms with van der Waals surface area (Å²) in [6.07, 6.45) is 0. The first-order valence-corrected chi connectivity index (χ1v) is 10.4. The summed E-state index contributed by atoms with van der Waals surface area (Å²) in [6.45, 7) is 4.96. The number of ether oxygens (including phenoxy) is 2. The van der Waals surface area contributed by atoms with Crippen molar-refractivity contribution in [2.75, 3.05) is 13.2 Å². The maximum absolute atomic E-state index is 11.6. The maximum atomic E-state index is 11.6. The molecular weight excluding hydrogens is 464 g/mol. The van der Waals surface area contributed by atoms with Crippen molar-refractivity contribution in [1.29, 1.82) is 0 Å². The smallest absolute Gasteiger partial charge is 0.352 e. The molecule has 0 saturated heterocycles. The molecule has 0 aliphatic rings. The van der Waals surface area contributed by atoms with Gasteiger partial charge in [-0.3, -0.25) is 4.79 Å². The van der Waals surface area contributed by atoms with Crippen LogP contribution < -0.4 is 0 Å². The summed E-state index contributed by atoms with van der Waals surface area (Å²) >= 11 is 8.08. The third-order valence-electron chi connectivity index (χ3n) is 3.05. The average molecular weight is 477 g/mol. The SMILES string of the molecule is Cc1nnsc1C(=O)Cl.Cc1nnsc1C(=O)OCCOC(=O)c1snnc1C. The zero-order valence-electron chi connectivity index (χ0n) is 15.2. The molecule has 0 atom stereocenters. The van der Waals surface area contributed by atoms with Crippen LogP contribution in [0.3, 0.4) is 0 Å². The highest BCUT2D eigenvalue weighted by atomic mass is 35.5. The van der Waals surface area contributed by atoms with Crippen LogP contribution in [0, 0.1) is 20.8 Å². The molecule has 0 saturated carbocycles. The first-order valence-electron chi connectivity index (χ1n) is 7.72. The first kappa shape index (κ1) is 22.9. The lowest BCUT2D eigenvalue weighted by Gasteiger charge is -2.04. The normalized spacial score (nSPS) is 10.1. The van der Waals surface area contributed by atoms with E-state index < -0.39 is 17.2 Å². The second-order valence-electron chi connectivity index (χ2n) is 5.11. The van der Waals surface area contributed by atoms with Crippen molar-refractivity contribution in [3.63, 3.8) is 0 Å². The zero-order valence-corrected chi connectivity index (χ0v) is 18.4. The Bertz CT molecular complexity index is 949. The van der Waals surface area contributed by atoms with Crippen LogP contribution in [0.4, 0.5) is 0 Å². The largest absolute Gasteiger partial charge is 0.458 e. The molecule has 3 heterocycles. The highest BCUT2D eigenvalue weighted by Gasteiger charge is 2.17. The molecular formula is C14H13ClN6O5S3. The highest BCUT2D eigenvalue weighted by molar-refractivity contribution is 7.10. The molecule has 0 unspecified atom stereocenters. The summed E-state index contributed by atoms with van der Waals surface area (Å²) in [4.78, 5) is 34.8. The van der Waals surface area contributed by atoms with E-state index in [9.17, 15) is 14.4 Å². The molecule has 0 radical (unpaired) electrons. The van der Waals surface area contributed by atoms with Gasteiger partial charge in [-0.2, -0.15) is 0 Å². The zero-order chi connectivity index (χ0) is 21.4. The van der Waals surface area contributed by atoms with Crippen LogP contribution in [0.1, 0.15) is 46.1 Å². The molecule has 0 N–H and O–H groups in total. The van der Waals surface area contributed by atoms with Crippen LogP contribution in [0.25, 0.3) is 0 Å². The van der Waals surface area contributed by atoms with Gasteiger partial charge in [0.25, 0.3) is 5.24 Å². The van der Waals surface area contributed by atoms with Crippen molar-refractivity contribution in [3.8, 4) is 0 Å². The van der Waals surface area contributed by atoms with E-state index in [2.05, 4.69) is 28.8 Å². The van der Waals surface area contributed by atoms with E-state index in [4.69, 9.17) is 21.1 Å². The number of halogens is 1. The topological polar surface area (TPSA) is 147 Å². The molecule has 29 heavy (non-hydrogen) atoms. The number of aryl methyl sites for hydroxylation is 3. The summed E-state index contributed by atoms with van der Waals surface area (Å²) in [7, 11) is 0. The molecule has 3 aromatic rings. The molecule has 11 nitrogen and oxygen atoms in total. The van der Waals surface area contributed by atoms with Gasteiger partial charge in [-0.1, -0.05) is 13.5 Å². The fourth-order valence-corrected chi connectivity index (χ4v) is 3.48. The van der Waals surface area contributed by atoms with E-state index in [1.807, 2.05) is 0 Å².